The number of rotatable bonds is 4. The normalized spacial score (nSPS) is 16.9. The molecule has 0 unspecified atom stereocenters. The van der Waals surface area contributed by atoms with E-state index >= 15 is 0 Å². The Balaban J connectivity index is 1.33. The lowest BCUT2D eigenvalue weighted by molar-refractivity contribution is 0.177. The number of aryl methyl sites for hydroxylation is 1. The summed E-state index contributed by atoms with van der Waals surface area (Å²) < 4.78 is 18.3. The molecule has 0 bridgehead atoms. The molecule has 1 aliphatic heterocycles. The highest BCUT2D eigenvalue weighted by molar-refractivity contribution is 5.74. The number of nitrogens with one attached hydrogen (secondary N) is 2. The maximum absolute atomic E-state index is 13.0. The van der Waals surface area contributed by atoms with Gasteiger partial charge in [-0.05, 0) is 44.0 Å². The van der Waals surface area contributed by atoms with Crippen molar-refractivity contribution < 1.29 is 13.7 Å². The number of H-pyrrole nitrogens is 1. The van der Waals surface area contributed by atoms with Gasteiger partial charge in [-0.25, -0.2) is 14.2 Å². The summed E-state index contributed by atoms with van der Waals surface area (Å²) in [6.45, 7) is 3.37. The fourth-order valence-corrected chi connectivity index (χ4v) is 3.34. The van der Waals surface area contributed by atoms with Gasteiger partial charge in [0, 0.05) is 30.6 Å². The van der Waals surface area contributed by atoms with Gasteiger partial charge >= 0.3 is 6.03 Å². The molecular formula is C19H21FN6O2. The summed E-state index contributed by atoms with van der Waals surface area (Å²) in [6, 6.07) is 7.59. The molecule has 28 heavy (non-hydrogen) atoms. The van der Waals surface area contributed by atoms with Gasteiger partial charge in [-0.2, -0.15) is 5.10 Å². The Morgan fingerprint density at radius 1 is 1.39 bits per heavy atom. The second kappa shape index (κ2) is 7.79. The van der Waals surface area contributed by atoms with E-state index < -0.39 is 0 Å². The molecule has 2 aromatic heterocycles. The molecule has 146 valence electrons. The minimum absolute atomic E-state index is 0.139. The molecule has 0 saturated carbocycles. The van der Waals surface area contributed by atoms with Crippen LogP contribution in [-0.2, 0) is 6.54 Å². The van der Waals surface area contributed by atoms with Crippen molar-refractivity contribution in [1.29, 1.82) is 0 Å². The summed E-state index contributed by atoms with van der Waals surface area (Å²) in [6.07, 6.45) is 1.87. The number of hydrogen-bond acceptors (Lipinski definition) is 5. The third-order valence-electron chi connectivity index (χ3n) is 4.80. The monoisotopic (exact) mass is 384 g/mol. The van der Waals surface area contributed by atoms with Crippen LogP contribution in [0.25, 0.3) is 11.3 Å². The number of benzene rings is 1. The molecule has 3 aromatic rings. The quantitative estimate of drug-likeness (QED) is 0.720. The number of amides is 2. The van der Waals surface area contributed by atoms with E-state index in [4.69, 9.17) is 4.52 Å². The Morgan fingerprint density at radius 3 is 2.96 bits per heavy atom. The molecule has 1 saturated heterocycles. The molecular weight excluding hydrogens is 363 g/mol. The number of likely N-dealkylation sites (tertiary alicyclic amines) is 1. The van der Waals surface area contributed by atoms with E-state index in [-0.39, 0.29) is 24.3 Å². The molecule has 1 fully saturated rings. The van der Waals surface area contributed by atoms with Crippen LogP contribution in [0.1, 0.15) is 36.2 Å². The van der Waals surface area contributed by atoms with Gasteiger partial charge in [0.2, 0.25) is 0 Å². The van der Waals surface area contributed by atoms with E-state index in [0.29, 0.717) is 24.5 Å². The lowest BCUT2D eigenvalue weighted by Gasteiger charge is -2.31. The molecule has 4 rings (SSSR count). The van der Waals surface area contributed by atoms with E-state index in [1.165, 1.54) is 12.1 Å². The summed E-state index contributed by atoms with van der Waals surface area (Å²) in [7, 11) is 0. The summed E-state index contributed by atoms with van der Waals surface area (Å²) in [4.78, 5) is 18.7. The molecule has 0 radical (unpaired) electrons. The zero-order valence-corrected chi connectivity index (χ0v) is 15.5. The first-order valence-electron chi connectivity index (χ1n) is 9.21. The van der Waals surface area contributed by atoms with Crippen molar-refractivity contribution in [2.45, 2.75) is 32.2 Å². The Morgan fingerprint density at radius 2 is 2.21 bits per heavy atom. The average Bonchev–Trinajstić information content (AvgIpc) is 3.36. The number of urea groups is 1. The van der Waals surface area contributed by atoms with Gasteiger partial charge < -0.3 is 14.7 Å². The van der Waals surface area contributed by atoms with Crippen LogP contribution in [0.4, 0.5) is 9.18 Å². The van der Waals surface area contributed by atoms with Crippen LogP contribution in [0.2, 0.25) is 0 Å². The minimum Gasteiger partial charge on any atom is -0.359 e. The molecule has 1 atom stereocenters. The first kappa shape index (κ1) is 18.1. The highest BCUT2D eigenvalue weighted by Gasteiger charge is 2.27. The Hall–Kier alpha value is -3.23. The number of halogens is 1. The Labute approximate surface area is 161 Å². The van der Waals surface area contributed by atoms with Gasteiger partial charge in [-0.1, -0.05) is 5.16 Å². The van der Waals surface area contributed by atoms with Crippen LogP contribution in [0.3, 0.4) is 0 Å². The summed E-state index contributed by atoms with van der Waals surface area (Å²) in [5.41, 5.74) is 1.35. The number of aromatic nitrogens is 4. The molecule has 9 heteroatoms. The first-order chi connectivity index (χ1) is 13.6. The molecule has 1 aliphatic rings. The lowest BCUT2D eigenvalue weighted by atomic mass is 9.98. The fourth-order valence-electron chi connectivity index (χ4n) is 3.34. The van der Waals surface area contributed by atoms with Crippen molar-refractivity contribution in [2.24, 2.45) is 0 Å². The summed E-state index contributed by atoms with van der Waals surface area (Å²) in [5, 5.41) is 13.9. The second-order valence-corrected chi connectivity index (χ2v) is 6.91. The molecule has 1 aromatic carbocycles. The second-order valence-electron chi connectivity index (χ2n) is 6.91. The van der Waals surface area contributed by atoms with Crippen LogP contribution in [-0.4, -0.2) is 44.4 Å². The van der Waals surface area contributed by atoms with E-state index in [1.54, 1.807) is 23.1 Å². The molecule has 0 spiro atoms. The molecule has 3 heterocycles. The van der Waals surface area contributed by atoms with Gasteiger partial charge in [0.1, 0.15) is 17.3 Å². The number of hydrogen-bond donors (Lipinski definition) is 2. The van der Waals surface area contributed by atoms with E-state index in [2.05, 4.69) is 25.7 Å². The minimum atomic E-state index is -0.306. The van der Waals surface area contributed by atoms with Crippen molar-refractivity contribution in [3.8, 4) is 11.3 Å². The summed E-state index contributed by atoms with van der Waals surface area (Å²) >= 11 is 0. The van der Waals surface area contributed by atoms with Gasteiger partial charge in [-0.3, -0.25) is 5.10 Å². The maximum atomic E-state index is 13.0. The van der Waals surface area contributed by atoms with Crippen molar-refractivity contribution in [2.75, 3.05) is 13.1 Å². The SMILES string of the molecule is Cc1nc([C@H]2CCCN(C(=O)NCc3cc(-c4ccc(F)cc4)no3)C2)n[nH]1. The third-order valence-corrected chi connectivity index (χ3v) is 4.80. The standard InChI is InChI=1S/C19H21FN6O2/c1-12-22-18(24-23-12)14-3-2-8-26(11-14)19(27)21-10-16-9-17(25-28-16)13-4-6-15(20)7-5-13/h4-7,9,14H,2-3,8,10-11H2,1H3,(H,21,27)(H,22,23,24)/t14-/m0/s1. The van der Waals surface area contributed by atoms with E-state index in [1.807, 2.05) is 6.92 Å². The van der Waals surface area contributed by atoms with Crippen LogP contribution < -0.4 is 5.32 Å². The van der Waals surface area contributed by atoms with Crippen LogP contribution in [0.5, 0.6) is 0 Å². The molecule has 2 amide bonds. The lowest BCUT2D eigenvalue weighted by Crippen LogP contribution is -2.44. The Bertz CT molecular complexity index is 952. The van der Waals surface area contributed by atoms with Crippen LogP contribution >= 0.6 is 0 Å². The van der Waals surface area contributed by atoms with Gasteiger partial charge in [-0.15, -0.1) is 0 Å². The largest absolute Gasteiger partial charge is 0.359 e. The third kappa shape index (κ3) is 4.03. The first-order valence-corrected chi connectivity index (χ1v) is 9.21. The van der Waals surface area contributed by atoms with Crippen molar-refractivity contribution in [3.05, 3.63) is 53.6 Å². The maximum Gasteiger partial charge on any atom is 0.317 e. The Kier molecular flexibility index (Phi) is 5.05. The predicted octanol–water partition coefficient (Wildman–Crippen LogP) is 3.00. The van der Waals surface area contributed by atoms with Crippen molar-refractivity contribution >= 4 is 6.03 Å². The molecule has 0 aliphatic carbocycles. The topological polar surface area (TPSA) is 99.9 Å². The fraction of sp³-hybridized carbons (Fsp3) is 0.368. The summed E-state index contributed by atoms with van der Waals surface area (Å²) in [5.74, 6) is 1.90. The smallest absolute Gasteiger partial charge is 0.317 e. The van der Waals surface area contributed by atoms with Crippen molar-refractivity contribution in [1.82, 2.24) is 30.6 Å². The molecule has 8 nitrogen and oxygen atoms in total. The van der Waals surface area contributed by atoms with Crippen molar-refractivity contribution in [3.63, 3.8) is 0 Å². The number of carbonyl (C=O) groups excluding carboxylic acids is 1. The van der Waals surface area contributed by atoms with Crippen LogP contribution in [0.15, 0.2) is 34.9 Å². The number of carbonyl (C=O) groups is 1. The average molecular weight is 384 g/mol. The predicted molar refractivity (Wildman–Crippen MR) is 98.8 cm³/mol. The van der Waals surface area contributed by atoms with E-state index in [0.717, 1.165) is 30.1 Å². The zero-order valence-electron chi connectivity index (χ0n) is 15.5. The van der Waals surface area contributed by atoms with Gasteiger partial charge in [0.15, 0.2) is 11.6 Å². The highest BCUT2D eigenvalue weighted by Crippen LogP contribution is 2.24. The number of piperidine rings is 1. The molecule has 2 N–H and O–H groups in total. The highest BCUT2D eigenvalue weighted by atomic mass is 19.1. The van der Waals surface area contributed by atoms with E-state index in [9.17, 15) is 9.18 Å². The van der Waals surface area contributed by atoms with Crippen LogP contribution in [0, 0.1) is 12.7 Å². The van der Waals surface area contributed by atoms with Gasteiger partial charge in [0.05, 0.1) is 6.54 Å². The van der Waals surface area contributed by atoms with Gasteiger partial charge in [0.25, 0.3) is 0 Å². The zero-order chi connectivity index (χ0) is 19.5. The number of nitrogens with zero attached hydrogens (tertiary/aromatic N) is 4. The number of aromatic amines is 1.